The first-order chi connectivity index (χ1) is 8.27. The summed E-state index contributed by atoms with van der Waals surface area (Å²) >= 11 is 0. The van der Waals surface area contributed by atoms with Crippen LogP contribution in [-0.2, 0) is 4.79 Å². The fraction of sp³-hybridized carbons (Fsp3) is 0.462. The third kappa shape index (κ3) is 3.26. The molecule has 0 fully saturated rings. The van der Waals surface area contributed by atoms with Crippen molar-refractivity contribution in [3.63, 3.8) is 0 Å². The highest BCUT2D eigenvalue weighted by molar-refractivity contribution is 5.67. The molecule has 0 aliphatic heterocycles. The molecule has 1 unspecified atom stereocenters. The van der Waals surface area contributed by atoms with Gasteiger partial charge in [0.2, 0.25) is 0 Å². The number of rotatable bonds is 5. The molecular weight excluding hydrogens is 240 g/mol. The summed E-state index contributed by atoms with van der Waals surface area (Å²) in [7, 11) is 1.62. The first kappa shape index (κ1) is 14.6. The standard InChI is InChI=1S/C13H17F2NO2/c1-13(2,7-11(17)18)12(16-3)9-5-4-8(14)6-10(9)15/h4-6,12,16H,7H2,1-3H3,(H,17,18). The van der Waals surface area contributed by atoms with Gasteiger partial charge in [-0.1, -0.05) is 19.9 Å². The molecule has 3 nitrogen and oxygen atoms in total. The molecule has 0 aliphatic carbocycles. The van der Waals surface area contributed by atoms with Crippen molar-refractivity contribution >= 4 is 5.97 Å². The van der Waals surface area contributed by atoms with Crippen LogP contribution < -0.4 is 5.32 Å². The molecule has 0 aliphatic rings. The maximum Gasteiger partial charge on any atom is 0.303 e. The van der Waals surface area contributed by atoms with Crippen LogP contribution in [0.25, 0.3) is 0 Å². The molecule has 100 valence electrons. The normalized spacial score (nSPS) is 13.4. The van der Waals surface area contributed by atoms with E-state index < -0.39 is 29.1 Å². The Morgan fingerprint density at radius 2 is 2.06 bits per heavy atom. The van der Waals surface area contributed by atoms with Gasteiger partial charge in [-0.25, -0.2) is 8.78 Å². The number of halogens is 2. The summed E-state index contributed by atoms with van der Waals surface area (Å²) in [4.78, 5) is 10.8. The van der Waals surface area contributed by atoms with E-state index in [1.165, 1.54) is 12.1 Å². The summed E-state index contributed by atoms with van der Waals surface area (Å²) in [6.45, 7) is 3.45. The number of carboxylic acid groups (broad SMARTS) is 1. The van der Waals surface area contributed by atoms with Crippen LogP contribution in [0.2, 0.25) is 0 Å². The predicted octanol–water partition coefficient (Wildman–Crippen LogP) is 2.73. The van der Waals surface area contributed by atoms with Crippen molar-refractivity contribution in [3.8, 4) is 0 Å². The average molecular weight is 257 g/mol. The molecule has 1 aromatic carbocycles. The van der Waals surface area contributed by atoms with Crippen LogP contribution >= 0.6 is 0 Å². The summed E-state index contributed by atoms with van der Waals surface area (Å²) in [6, 6.07) is 2.81. The Hall–Kier alpha value is -1.49. The monoisotopic (exact) mass is 257 g/mol. The van der Waals surface area contributed by atoms with E-state index in [0.29, 0.717) is 0 Å². The minimum absolute atomic E-state index is 0.116. The van der Waals surface area contributed by atoms with E-state index in [2.05, 4.69) is 5.32 Å². The SMILES string of the molecule is CNC(c1ccc(F)cc1F)C(C)(C)CC(=O)O. The zero-order chi connectivity index (χ0) is 13.9. The van der Waals surface area contributed by atoms with Crippen LogP contribution in [0.4, 0.5) is 8.78 Å². The number of hydrogen-bond acceptors (Lipinski definition) is 2. The fourth-order valence-electron chi connectivity index (χ4n) is 2.19. The van der Waals surface area contributed by atoms with Gasteiger partial charge in [0, 0.05) is 17.7 Å². The number of carboxylic acids is 1. The van der Waals surface area contributed by atoms with Gasteiger partial charge in [0.25, 0.3) is 0 Å². The average Bonchev–Trinajstić information content (AvgIpc) is 2.19. The quantitative estimate of drug-likeness (QED) is 0.852. The molecule has 1 atom stereocenters. The fourth-order valence-corrected chi connectivity index (χ4v) is 2.19. The maximum absolute atomic E-state index is 13.7. The third-order valence-electron chi connectivity index (χ3n) is 2.95. The van der Waals surface area contributed by atoms with Crippen LogP contribution in [-0.4, -0.2) is 18.1 Å². The van der Waals surface area contributed by atoms with Crippen LogP contribution in [0.15, 0.2) is 18.2 Å². The molecule has 1 rings (SSSR count). The summed E-state index contributed by atoms with van der Waals surface area (Å²) in [5.74, 6) is -2.28. The van der Waals surface area contributed by atoms with E-state index in [0.717, 1.165) is 6.07 Å². The van der Waals surface area contributed by atoms with Crippen LogP contribution in [0.1, 0.15) is 31.9 Å². The molecule has 1 aromatic rings. The van der Waals surface area contributed by atoms with Gasteiger partial charge in [-0.05, 0) is 18.5 Å². The summed E-state index contributed by atoms with van der Waals surface area (Å²) in [5, 5.41) is 11.8. The van der Waals surface area contributed by atoms with Gasteiger partial charge in [0.05, 0.1) is 6.42 Å². The molecule has 0 amide bonds. The Bertz CT molecular complexity index is 447. The summed E-state index contributed by atoms with van der Waals surface area (Å²) in [5.41, 5.74) is -0.427. The van der Waals surface area contributed by atoms with E-state index in [1.807, 2.05) is 0 Å². The lowest BCUT2D eigenvalue weighted by atomic mass is 9.77. The van der Waals surface area contributed by atoms with Crippen molar-refractivity contribution < 1.29 is 18.7 Å². The van der Waals surface area contributed by atoms with Crippen molar-refractivity contribution in [3.05, 3.63) is 35.4 Å². The molecule has 18 heavy (non-hydrogen) atoms. The molecule has 0 saturated carbocycles. The lowest BCUT2D eigenvalue weighted by Crippen LogP contribution is -2.34. The summed E-state index contributed by atoms with van der Waals surface area (Å²) in [6.07, 6.45) is -0.116. The molecule has 0 saturated heterocycles. The van der Waals surface area contributed by atoms with Crippen molar-refractivity contribution in [2.24, 2.45) is 5.41 Å². The Morgan fingerprint density at radius 3 is 2.50 bits per heavy atom. The molecule has 0 bridgehead atoms. The van der Waals surface area contributed by atoms with Crippen molar-refractivity contribution in [2.45, 2.75) is 26.3 Å². The van der Waals surface area contributed by atoms with Crippen molar-refractivity contribution in [2.75, 3.05) is 7.05 Å². The second-order valence-electron chi connectivity index (χ2n) is 4.95. The molecule has 0 spiro atoms. The lowest BCUT2D eigenvalue weighted by Gasteiger charge is -2.33. The molecule has 0 aromatic heterocycles. The van der Waals surface area contributed by atoms with Crippen LogP contribution in [0.5, 0.6) is 0 Å². The minimum Gasteiger partial charge on any atom is -0.481 e. The topological polar surface area (TPSA) is 49.3 Å². The molecule has 5 heteroatoms. The van der Waals surface area contributed by atoms with E-state index in [1.54, 1.807) is 20.9 Å². The van der Waals surface area contributed by atoms with Crippen LogP contribution in [0.3, 0.4) is 0 Å². The smallest absolute Gasteiger partial charge is 0.303 e. The first-order valence-corrected chi connectivity index (χ1v) is 5.62. The van der Waals surface area contributed by atoms with E-state index in [4.69, 9.17) is 5.11 Å². The minimum atomic E-state index is -0.956. The Balaban J connectivity index is 3.12. The number of hydrogen-bond donors (Lipinski definition) is 2. The zero-order valence-electron chi connectivity index (χ0n) is 10.6. The molecule has 0 radical (unpaired) electrons. The third-order valence-corrected chi connectivity index (χ3v) is 2.95. The zero-order valence-corrected chi connectivity index (χ0v) is 10.6. The highest BCUT2D eigenvalue weighted by atomic mass is 19.1. The van der Waals surface area contributed by atoms with Gasteiger partial charge in [0.15, 0.2) is 0 Å². The lowest BCUT2D eigenvalue weighted by molar-refractivity contribution is -0.139. The second kappa shape index (κ2) is 5.44. The number of carbonyl (C=O) groups is 1. The Kier molecular flexibility index (Phi) is 4.40. The number of benzene rings is 1. The van der Waals surface area contributed by atoms with E-state index in [9.17, 15) is 13.6 Å². The highest BCUT2D eigenvalue weighted by Gasteiger charge is 2.33. The van der Waals surface area contributed by atoms with Gasteiger partial charge in [-0.3, -0.25) is 4.79 Å². The highest BCUT2D eigenvalue weighted by Crippen LogP contribution is 2.37. The van der Waals surface area contributed by atoms with Gasteiger partial charge in [-0.2, -0.15) is 0 Å². The van der Waals surface area contributed by atoms with Gasteiger partial charge < -0.3 is 10.4 Å². The van der Waals surface area contributed by atoms with Gasteiger partial charge in [-0.15, -0.1) is 0 Å². The van der Waals surface area contributed by atoms with Crippen LogP contribution in [0, 0.1) is 17.0 Å². The Labute approximate surface area is 105 Å². The van der Waals surface area contributed by atoms with Crippen molar-refractivity contribution in [1.82, 2.24) is 5.32 Å². The van der Waals surface area contributed by atoms with Crippen molar-refractivity contribution in [1.29, 1.82) is 0 Å². The number of nitrogens with one attached hydrogen (secondary N) is 1. The van der Waals surface area contributed by atoms with Gasteiger partial charge >= 0.3 is 5.97 Å². The maximum atomic E-state index is 13.7. The number of aliphatic carboxylic acids is 1. The predicted molar refractivity (Wildman–Crippen MR) is 64.2 cm³/mol. The molecule has 0 heterocycles. The van der Waals surface area contributed by atoms with E-state index >= 15 is 0 Å². The Morgan fingerprint density at radius 1 is 1.44 bits per heavy atom. The summed E-state index contributed by atoms with van der Waals surface area (Å²) < 4.78 is 26.6. The second-order valence-corrected chi connectivity index (χ2v) is 4.95. The first-order valence-electron chi connectivity index (χ1n) is 5.62. The molecule has 2 N–H and O–H groups in total. The van der Waals surface area contributed by atoms with Gasteiger partial charge in [0.1, 0.15) is 11.6 Å². The van der Waals surface area contributed by atoms with E-state index in [-0.39, 0.29) is 12.0 Å². The largest absolute Gasteiger partial charge is 0.481 e. The molecular formula is C13H17F2NO2.